The normalized spacial score (nSPS) is 12.6. The lowest BCUT2D eigenvalue weighted by atomic mass is 10.0. The predicted molar refractivity (Wildman–Crippen MR) is 310 cm³/mol. The SMILES string of the molecule is CCCCCCCCCCCCCCCCCC/C=C/C(O)C(CO)NC(=O)CCCCCCCCCCCCCCCCCCCCCCCCOC(=O)CCCCCCCCCCCCCCCC. The summed E-state index contributed by atoms with van der Waals surface area (Å²) in [7, 11) is 0. The summed E-state index contributed by atoms with van der Waals surface area (Å²) in [5, 5.41) is 23.2. The van der Waals surface area contributed by atoms with E-state index in [1.165, 1.54) is 302 Å². The lowest BCUT2D eigenvalue weighted by Gasteiger charge is -2.20. The maximum absolute atomic E-state index is 12.5. The van der Waals surface area contributed by atoms with Crippen LogP contribution in [0.1, 0.15) is 367 Å². The van der Waals surface area contributed by atoms with Crippen molar-refractivity contribution >= 4 is 11.9 Å². The van der Waals surface area contributed by atoms with Crippen molar-refractivity contribution in [3.63, 3.8) is 0 Å². The summed E-state index contributed by atoms with van der Waals surface area (Å²) < 4.78 is 5.49. The van der Waals surface area contributed by atoms with Gasteiger partial charge in [-0.2, -0.15) is 0 Å². The molecule has 71 heavy (non-hydrogen) atoms. The van der Waals surface area contributed by atoms with Gasteiger partial charge >= 0.3 is 5.97 Å². The number of hydrogen-bond acceptors (Lipinski definition) is 5. The van der Waals surface area contributed by atoms with E-state index in [0.29, 0.717) is 19.4 Å². The Morgan fingerprint density at radius 2 is 0.648 bits per heavy atom. The molecule has 0 spiro atoms. The number of aliphatic hydroxyl groups is 2. The molecule has 0 aliphatic rings. The lowest BCUT2D eigenvalue weighted by Crippen LogP contribution is -2.45. The second-order valence-electron chi connectivity index (χ2n) is 22.5. The molecule has 6 heteroatoms. The Hall–Kier alpha value is -1.40. The molecule has 0 fully saturated rings. The van der Waals surface area contributed by atoms with E-state index >= 15 is 0 Å². The molecular weight excluding hydrogens is 875 g/mol. The molecule has 0 aromatic carbocycles. The molecule has 0 rings (SSSR count). The highest BCUT2D eigenvalue weighted by atomic mass is 16.5. The first-order valence-electron chi connectivity index (χ1n) is 32.5. The lowest BCUT2D eigenvalue weighted by molar-refractivity contribution is -0.143. The van der Waals surface area contributed by atoms with Crippen molar-refractivity contribution in [3.05, 3.63) is 12.2 Å². The number of aliphatic hydroxyl groups excluding tert-OH is 2. The molecule has 422 valence electrons. The highest BCUT2D eigenvalue weighted by Crippen LogP contribution is 2.18. The molecule has 1 amide bonds. The van der Waals surface area contributed by atoms with Gasteiger partial charge in [-0.05, 0) is 32.1 Å². The average Bonchev–Trinajstić information content (AvgIpc) is 3.37. The Morgan fingerprint density at radius 3 is 0.958 bits per heavy atom. The van der Waals surface area contributed by atoms with Gasteiger partial charge in [0.05, 0.1) is 25.4 Å². The van der Waals surface area contributed by atoms with E-state index in [1.54, 1.807) is 6.08 Å². The zero-order chi connectivity index (χ0) is 51.4. The van der Waals surface area contributed by atoms with Crippen LogP contribution in [0.2, 0.25) is 0 Å². The highest BCUT2D eigenvalue weighted by Gasteiger charge is 2.18. The number of carbonyl (C=O) groups is 2. The molecule has 2 atom stereocenters. The van der Waals surface area contributed by atoms with Gasteiger partial charge in [0.25, 0.3) is 0 Å². The summed E-state index contributed by atoms with van der Waals surface area (Å²) in [4.78, 5) is 24.5. The summed E-state index contributed by atoms with van der Waals surface area (Å²) in [5.74, 6) is -0.0489. The monoisotopic (exact) mass is 1000 g/mol. The van der Waals surface area contributed by atoms with E-state index in [1.807, 2.05) is 6.08 Å². The van der Waals surface area contributed by atoms with Crippen molar-refractivity contribution in [3.8, 4) is 0 Å². The van der Waals surface area contributed by atoms with E-state index in [2.05, 4.69) is 19.2 Å². The van der Waals surface area contributed by atoms with Crippen LogP contribution in [0, 0.1) is 0 Å². The molecule has 0 bridgehead atoms. The van der Waals surface area contributed by atoms with Crippen molar-refractivity contribution in [2.75, 3.05) is 13.2 Å². The molecule has 0 heterocycles. The Kier molecular flexibility index (Phi) is 59.9. The predicted octanol–water partition coefficient (Wildman–Crippen LogP) is 20.4. The first-order chi connectivity index (χ1) is 35.0. The van der Waals surface area contributed by atoms with Crippen molar-refractivity contribution in [2.24, 2.45) is 0 Å². The van der Waals surface area contributed by atoms with Crippen LogP contribution in [-0.2, 0) is 14.3 Å². The topological polar surface area (TPSA) is 95.9 Å². The number of nitrogens with one attached hydrogen (secondary N) is 1. The molecule has 0 aromatic heterocycles. The van der Waals surface area contributed by atoms with Gasteiger partial charge < -0.3 is 20.3 Å². The second-order valence-corrected chi connectivity index (χ2v) is 22.5. The Labute approximate surface area is 444 Å². The third kappa shape index (κ3) is 57.7. The van der Waals surface area contributed by atoms with Gasteiger partial charge in [0.1, 0.15) is 0 Å². The van der Waals surface area contributed by atoms with Gasteiger partial charge in [-0.3, -0.25) is 9.59 Å². The minimum absolute atomic E-state index is 0.0158. The van der Waals surface area contributed by atoms with Crippen molar-refractivity contribution in [1.29, 1.82) is 0 Å². The largest absolute Gasteiger partial charge is 0.466 e. The molecule has 0 aliphatic heterocycles. The molecule has 0 aliphatic carbocycles. The smallest absolute Gasteiger partial charge is 0.305 e. The fourth-order valence-electron chi connectivity index (χ4n) is 10.3. The number of allylic oxidation sites excluding steroid dienone is 1. The standard InChI is InChI=1S/C65H127NO5/c1-3-5-7-9-11-13-15-17-19-20-27-30-33-37-41-45-49-53-57-63(68)62(61-67)66-64(69)58-54-50-46-42-38-34-31-28-25-23-21-22-24-26-29-32-36-40-44-48-52-56-60-71-65(70)59-55-51-47-43-39-35-18-16-14-12-10-8-6-4-2/h53,57,62-63,67-68H,3-52,54-56,58-61H2,1-2H3,(H,66,69)/b57-53+. The van der Waals surface area contributed by atoms with Gasteiger partial charge in [-0.25, -0.2) is 0 Å². The minimum atomic E-state index is -0.844. The molecule has 0 saturated heterocycles. The van der Waals surface area contributed by atoms with Crippen LogP contribution >= 0.6 is 0 Å². The van der Waals surface area contributed by atoms with Crippen LogP contribution in [0.25, 0.3) is 0 Å². The first kappa shape index (κ1) is 69.6. The highest BCUT2D eigenvalue weighted by molar-refractivity contribution is 5.76. The summed E-state index contributed by atoms with van der Waals surface area (Å²) in [5.41, 5.74) is 0. The van der Waals surface area contributed by atoms with E-state index in [9.17, 15) is 19.8 Å². The second kappa shape index (κ2) is 61.1. The molecule has 0 aromatic rings. The Bertz CT molecular complexity index is 1060. The molecule has 0 saturated carbocycles. The summed E-state index contributed by atoms with van der Waals surface area (Å²) in [6.07, 6.45) is 74.0. The number of rotatable bonds is 61. The summed E-state index contributed by atoms with van der Waals surface area (Å²) in [6.45, 7) is 4.94. The first-order valence-corrected chi connectivity index (χ1v) is 32.5. The number of ether oxygens (including phenoxy) is 1. The molecule has 0 radical (unpaired) electrons. The molecule has 6 nitrogen and oxygen atoms in total. The van der Waals surface area contributed by atoms with Crippen molar-refractivity contribution in [1.82, 2.24) is 5.32 Å². The van der Waals surface area contributed by atoms with Gasteiger partial charge in [0.15, 0.2) is 0 Å². The van der Waals surface area contributed by atoms with Crippen LogP contribution in [0.3, 0.4) is 0 Å². The van der Waals surface area contributed by atoms with E-state index in [-0.39, 0.29) is 18.5 Å². The third-order valence-electron chi connectivity index (χ3n) is 15.3. The number of carbonyl (C=O) groups excluding carboxylic acids is 2. The molecule has 2 unspecified atom stereocenters. The van der Waals surface area contributed by atoms with Crippen LogP contribution in [0.5, 0.6) is 0 Å². The number of esters is 1. The van der Waals surface area contributed by atoms with Crippen LogP contribution in [-0.4, -0.2) is 47.4 Å². The maximum Gasteiger partial charge on any atom is 0.305 e. The average molecular weight is 1000 g/mol. The van der Waals surface area contributed by atoms with Crippen molar-refractivity contribution < 1.29 is 24.5 Å². The van der Waals surface area contributed by atoms with Gasteiger partial charge in [0, 0.05) is 12.8 Å². The van der Waals surface area contributed by atoms with Crippen LogP contribution < -0.4 is 5.32 Å². The van der Waals surface area contributed by atoms with Gasteiger partial charge in [-0.1, -0.05) is 334 Å². The zero-order valence-electron chi connectivity index (χ0n) is 48.2. The van der Waals surface area contributed by atoms with Crippen LogP contribution in [0.4, 0.5) is 0 Å². The Morgan fingerprint density at radius 1 is 0.380 bits per heavy atom. The molecule has 3 N–H and O–H groups in total. The van der Waals surface area contributed by atoms with E-state index < -0.39 is 12.1 Å². The van der Waals surface area contributed by atoms with Gasteiger partial charge in [-0.15, -0.1) is 0 Å². The molecular formula is C65H127NO5. The van der Waals surface area contributed by atoms with Crippen molar-refractivity contribution in [2.45, 2.75) is 379 Å². The quantitative estimate of drug-likeness (QED) is 0.0320. The third-order valence-corrected chi connectivity index (χ3v) is 15.3. The van der Waals surface area contributed by atoms with Gasteiger partial charge in [0.2, 0.25) is 5.91 Å². The number of hydrogen-bond donors (Lipinski definition) is 3. The fourth-order valence-corrected chi connectivity index (χ4v) is 10.3. The van der Waals surface area contributed by atoms with E-state index in [4.69, 9.17) is 4.74 Å². The van der Waals surface area contributed by atoms with Crippen LogP contribution in [0.15, 0.2) is 12.2 Å². The summed E-state index contributed by atoms with van der Waals surface area (Å²) in [6, 6.07) is -0.627. The number of unbranched alkanes of at least 4 members (excludes halogenated alkanes) is 50. The number of amides is 1. The summed E-state index contributed by atoms with van der Waals surface area (Å²) >= 11 is 0. The Balaban J connectivity index is 3.39. The minimum Gasteiger partial charge on any atom is -0.466 e. The van der Waals surface area contributed by atoms with E-state index in [0.717, 1.165) is 38.5 Å². The zero-order valence-corrected chi connectivity index (χ0v) is 48.2. The fraction of sp³-hybridized carbons (Fsp3) is 0.938. The maximum atomic E-state index is 12.5.